The van der Waals surface area contributed by atoms with Gasteiger partial charge < -0.3 is 15.7 Å². The standard InChI is InChI=1S/C11H19N3O5/c1-2-12-8(15)6-7-13-11(19)14-9(16)4-3-5-10(17)18/h2-7H2,1H3,(H,12,15)(H,17,18)(H2,13,14,16,19). The molecule has 0 rings (SSSR count). The lowest BCUT2D eigenvalue weighted by Gasteiger charge is -2.06. The van der Waals surface area contributed by atoms with E-state index in [4.69, 9.17) is 5.11 Å². The van der Waals surface area contributed by atoms with Crippen LogP contribution in [0.4, 0.5) is 4.79 Å². The van der Waals surface area contributed by atoms with Crippen LogP contribution in [0.25, 0.3) is 0 Å². The number of carboxylic acid groups (broad SMARTS) is 1. The number of carbonyl (C=O) groups excluding carboxylic acids is 3. The Kier molecular flexibility index (Phi) is 8.76. The first kappa shape index (κ1) is 16.9. The molecule has 108 valence electrons. The zero-order valence-electron chi connectivity index (χ0n) is 10.8. The maximum absolute atomic E-state index is 11.2. The molecular weight excluding hydrogens is 254 g/mol. The van der Waals surface area contributed by atoms with Gasteiger partial charge in [-0.3, -0.25) is 19.7 Å². The lowest BCUT2D eigenvalue weighted by atomic mass is 10.2. The van der Waals surface area contributed by atoms with E-state index in [0.29, 0.717) is 6.54 Å². The van der Waals surface area contributed by atoms with Gasteiger partial charge in [0.2, 0.25) is 11.8 Å². The average Bonchev–Trinajstić information content (AvgIpc) is 2.28. The molecule has 0 fully saturated rings. The number of amides is 4. The van der Waals surface area contributed by atoms with Gasteiger partial charge in [0.1, 0.15) is 0 Å². The van der Waals surface area contributed by atoms with Crippen molar-refractivity contribution in [2.45, 2.75) is 32.6 Å². The number of rotatable bonds is 8. The fourth-order valence-electron chi connectivity index (χ4n) is 1.21. The number of hydrogen-bond acceptors (Lipinski definition) is 4. The second-order valence-corrected chi connectivity index (χ2v) is 3.75. The number of carboxylic acids is 1. The zero-order valence-corrected chi connectivity index (χ0v) is 10.8. The quantitative estimate of drug-likeness (QED) is 0.478. The first-order valence-electron chi connectivity index (χ1n) is 6.01. The minimum Gasteiger partial charge on any atom is -0.481 e. The van der Waals surface area contributed by atoms with Crippen molar-refractivity contribution >= 4 is 23.8 Å². The summed E-state index contributed by atoms with van der Waals surface area (Å²) >= 11 is 0. The van der Waals surface area contributed by atoms with E-state index in [9.17, 15) is 19.2 Å². The van der Waals surface area contributed by atoms with Crippen LogP contribution in [0.3, 0.4) is 0 Å². The largest absolute Gasteiger partial charge is 0.481 e. The number of nitrogens with one attached hydrogen (secondary N) is 3. The number of imide groups is 1. The van der Waals surface area contributed by atoms with Crippen molar-refractivity contribution in [1.82, 2.24) is 16.0 Å². The summed E-state index contributed by atoms with van der Waals surface area (Å²) in [6, 6.07) is -0.690. The van der Waals surface area contributed by atoms with Crippen LogP contribution in [0.5, 0.6) is 0 Å². The first-order valence-corrected chi connectivity index (χ1v) is 6.01. The Labute approximate surface area is 110 Å². The normalized spacial score (nSPS) is 9.53. The third-order valence-corrected chi connectivity index (χ3v) is 2.06. The molecule has 0 aromatic rings. The predicted molar refractivity (Wildman–Crippen MR) is 66.3 cm³/mol. The molecule has 0 aromatic carbocycles. The van der Waals surface area contributed by atoms with E-state index in [1.165, 1.54) is 0 Å². The molecule has 0 aromatic heterocycles. The molecule has 4 amide bonds. The second kappa shape index (κ2) is 9.86. The van der Waals surface area contributed by atoms with E-state index in [2.05, 4.69) is 10.6 Å². The van der Waals surface area contributed by atoms with Gasteiger partial charge >= 0.3 is 12.0 Å². The van der Waals surface area contributed by atoms with Crippen LogP contribution < -0.4 is 16.0 Å². The van der Waals surface area contributed by atoms with Crippen LogP contribution in [0.1, 0.15) is 32.6 Å². The number of hydrogen-bond donors (Lipinski definition) is 4. The first-order chi connectivity index (χ1) is 8.95. The monoisotopic (exact) mass is 273 g/mol. The van der Waals surface area contributed by atoms with E-state index >= 15 is 0 Å². The molecular formula is C11H19N3O5. The van der Waals surface area contributed by atoms with Gasteiger partial charge in [-0.15, -0.1) is 0 Å². The highest BCUT2D eigenvalue weighted by molar-refractivity contribution is 5.94. The zero-order chi connectivity index (χ0) is 14.7. The van der Waals surface area contributed by atoms with Gasteiger partial charge in [0.05, 0.1) is 0 Å². The maximum Gasteiger partial charge on any atom is 0.321 e. The van der Waals surface area contributed by atoms with E-state index in [-0.39, 0.29) is 38.1 Å². The van der Waals surface area contributed by atoms with Gasteiger partial charge in [-0.05, 0) is 13.3 Å². The Balaban J connectivity index is 3.65. The molecule has 0 spiro atoms. The van der Waals surface area contributed by atoms with Gasteiger partial charge in [-0.2, -0.15) is 0 Å². The minimum absolute atomic E-state index is 0.0317. The molecule has 0 aliphatic rings. The SMILES string of the molecule is CCNC(=O)CCNC(=O)NC(=O)CCCC(=O)O. The van der Waals surface area contributed by atoms with Crippen molar-refractivity contribution in [3.05, 3.63) is 0 Å². The molecule has 4 N–H and O–H groups in total. The van der Waals surface area contributed by atoms with Crippen LogP contribution >= 0.6 is 0 Å². The third kappa shape index (κ3) is 10.7. The van der Waals surface area contributed by atoms with Gasteiger partial charge in [0, 0.05) is 32.4 Å². The fraction of sp³-hybridized carbons (Fsp3) is 0.636. The van der Waals surface area contributed by atoms with Crippen molar-refractivity contribution < 1.29 is 24.3 Å². The van der Waals surface area contributed by atoms with Crippen LogP contribution in [0, 0.1) is 0 Å². The lowest BCUT2D eigenvalue weighted by molar-refractivity contribution is -0.137. The van der Waals surface area contributed by atoms with Gasteiger partial charge in [0.15, 0.2) is 0 Å². The molecule has 0 bridgehead atoms. The Morgan fingerprint density at radius 2 is 1.63 bits per heavy atom. The lowest BCUT2D eigenvalue weighted by Crippen LogP contribution is -2.40. The van der Waals surface area contributed by atoms with E-state index in [0.717, 1.165) is 0 Å². The van der Waals surface area contributed by atoms with Gasteiger partial charge in [-0.25, -0.2) is 4.79 Å². The molecule has 19 heavy (non-hydrogen) atoms. The fourth-order valence-corrected chi connectivity index (χ4v) is 1.21. The average molecular weight is 273 g/mol. The van der Waals surface area contributed by atoms with Crippen molar-refractivity contribution in [3.8, 4) is 0 Å². The molecule has 0 unspecified atom stereocenters. The summed E-state index contributed by atoms with van der Waals surface area (Å²) in [6.07, 6.45) is 0.157. The predicted octanol–water partition coefficient (Wildman–Crippen LogP) is -0.407. The van der Waals surface area contributed by atoms with Crippen molar-refractivity contribution in [3.63, 3.8) is 0 Å². The van der Waals surface area contributed by atoms with Crippen LogP contribution in [0.15, 0.2) is 0 Å². The van der Waals surface area contributed by atoms with Gasteiger partial charge in [0.25, 0.3) is 0 Å². The van der Waals surface area contributed by atoms with Crippen LogP contribution in [0.2, 0.25) is 0 Å². The summed E-state index contributed by atoms with van der Waals surface area (Å²) in [7, 11) is 0. The summed E-state index contributed by atoms with van der Waals surface area (Å²) in [5, 5.41) is 15.3. The summed E-state index contributed by atoms with van der Waals surface area (Å²) in [5.41, 5.74) is 0. The summed E-state index contributed by atoms with van der Waals surface area (Å²) in [4.78, 5) is 43.6. The molecule has 8 nitrogen and oxygen atoms in total. The Morgan fingerprint density at radius 3 is 2.21 bits per heavy atom. The van der Waals surface area contributed by atoms with Crippen LogP contribution in [-0.2, 0) is 14.4 Å². The highest BCUT2D eigenvalue weighted by atomic mass is 16.4. The third-order valence-electron chi connectivity index (χ3n) is 2.06. The molecule has 8 heteroatoms. The summed E-state index contributed by atoms with van der Waals surface area (Å²) in [6.45, 7) is 2.43. The molecule has 0 saturated carbocycles. The van der Waals surface area contributed by atoms with Crippen molar-refractivity contribution in [2.24, 2.45) is 0 Å². The molecule has 0 aliphatic heterocycles. The Bertz CT molecular complexity index is 343. The second-order valence-electron chi connectivity index (χ2n) is 3.75. The maximum atomic E-state index is 11.2. The Morgan fingerprint density at radius 1 is 0.947 bits per heavy atom. The highest BCUT2D eigenvalue weighted by Crippen LogP contribution is 1.94. The van der Waals surface area contributed by atoms with Crippen LogP contribution in [-0.4, -0.2) is 42.0 Å². The molecule has 0 aliphatic carbocycles. The summed E-state index contributed by atoms with van der Waals surface area (Å²) < 4.78 is 0. The minimum atomic E-state index is -0.987. The number of carbonyl (C=O) groups is 4. The highest BCUT2D eigenvalue weighted by Gasteiger charge is 2.08. The number of urea groups is 1. The van der Waals surface area contributed by atoms with Crippen molar-refractivity contribution in [2.75, 3.05) is 13.1 Å². The summed E-state index contributed by atoms with van der Waals surface area (Å²) in [5.74, 6) is -1.72. The topological polar surface area (TPSA) is 125 Å². The van der Waals surface area contributed by atoms with Crippen molar-refractivity contribution in [1.29, 1.82) is 0 Å². The smallest absolute Gasteiger partial charge is 0.321 e. The molecule has 0 heterocycles. The molecule has 0 radical (unpaired) electrons. The Hall–Kier alpha value is -2.12. The van der Waals surface area contributed by atoms with E-state index in [1.807, 2.05) is 5.32 Å². The molecule has 0 atom stereocenters. The van der Waals surface area contributed by atoms with E-state index in [1.54, 1.807) is 6.92 Å². The number of aliphatic carboxylic acids is 1. The van der Waals surface area contributed by atoms with Gasteiger partial charge in [-0.1, -0.05) is 0 Å². The van der Waals surface area contributed by atoms with E-state index < -0.39 is 17.9 Å². The molecule has 0 saturated heterocycles.